The van der Waals surface area contributed by atoms with Crippen LogP contribution in [0.25, 0.3) is 0 Å². The number of hydrogen-bond donors (Lipinski definition) is 2. The molecule has 1 amide bonds. The summed E-state index contributed by atoms with van der Waals surface area (Å²) in [6.45, 7) is 0.785. The fourth-order valence-corrected chi connectivity index (χ4v) is 5.20. The van der Waals surface area contributed by atoms with Gasteiger partial charge in [0, 0.05) is 10.4 Å². The van der Waals surface area contributed by atoms with E-state index in [1.807, 2.05) is 30.3 Å². The van der Waals surface area contributed by atoms with Crippen molar-refractivity contribution in [3.05, 3.63) is 76.2 Å². The molecule has 1 aliphatic carbocycles. The van der Waals surface area contributed by atoms with E-state index in [-0.39, 0.29) is 11.0 Å². The Labute approximate surface area is 207 Å². The first-order valence-electron chi connectivity index (χ1n) is 10.8. The van der Waals surface area contributed by atoms with Crippen LogP contribution in [-0.2, 0) is 17.6 Å². The smallest absolute Gasteiger partial charge is 0.341 e. The molecule has 0 spiro atoms. The molecule has 2 N–H and O–H groups in total. The highest BCUT2D eigenvalue weighted by Gasteiger charge is 2.27. The number of nitrogens with one attached hydrogen (secondary N) is 2. The first-order valence-corrected chi connectivity index (χ1v) is 12.0. The molecule has 0 saturated heterocycles. The highest BCUT2D eigenvalue weighted by atomic mass is 32.1. The van der Waals surface area contributed by atoms with Crippen molar-refractivity contribution in [2.24, 2.45) is 0 Å². The number of amides is 1. The molecule has 7 nitrogen and oxygen atoms in total. The number of anilines is 1. The number of carbonyl (C=O) groups excluding carboxylic acids is 2. The molecule has 0 atom stereocenters. The summed E-state index contributed by atoms with van der Waals surface area (Å²) in [6.07, 6.45) is 2.79. The van der Waals surface area contributed by atoms with Crippen LogP contribution in [0.1, 0.15) is 37.6 Å². The molecular formula is C25H24N2O5S2. The zero-order chi connectivity index (χ0) is 23.9. The number of benzene rings is 2. The lowest BCUT2D eigenvalue weighted by Gasteiger charge is -2.11. The summed E-state index contributed by atoms with van der Waals surface area (Å²) in [7, 11) is 1.36. The average molecular weight is 497 g/mol. The normalized spacial score (nSPS) is 11.9. The van der Waals surface area contributed by atoms with Crippen LogP contribution in [0.15, 0.2) is 54.6 Å². The quantitative estimate of drug-likeness (QED) is 0.268. The fourth-order valence-electron chi connectivity index (χ4n) is 3.66. The Bertz CT molecular complexity index is 1180. The summed E-state index contributed by atoms with van der Waals surface area (Å²) in [5.41, 5.74) is 1.95. The van der Waals surface area contributed by atoms with Crippen LogP contribution in [0.2, 0.25) is 0 Å². The molecule has 4 rings (SSSR count). The summed E-state index contributed by atoms with van der Waals surface area (Å²) in [5.74, 6) is 0.652. The molecule has 1 aromatic heterocycles. The number of hydrogen-bond acceptors (Lipinski definition) is 7. The van der Waals surface area contributed by atoms with Gasteiger partial charge in [-0.15, -0.1) is 11.3 Å². The Balaban J connectivity index is 1.28. The third-order valence-electron chi connectivity index (χ3n) is 5.25. The van der Waals surface area contributed by atoms with E-state index in [9.17, 15) is 9.59 Å². The predicted octanol–water partition coefficient (Wildman–Crippen LogP) is 4.61. The number of aryl methyl sites for hydroxylation is 1. The lowest BCUT2D eigenvalue weighted by atomic mass is 10.1. The van der Waals surface area contributed by atoms with Gasteiger partial charge in [0.25, 0.3) is 5.91 Å². The molecule has 0 bridgehead atoms. The lowest BCUT2D eigenvalue weighted by molar-refractivity contribution is 0.0601. The maximum Gasteiger partial charge on any atom is 0.341 e. The van der Waals surface area contributed by atoms with E-state index < -0.39 is 5.97 Å². The number of carbonyl (C=O) groups is 2. The molecule has 0 aliphatic heterocycles. The van der Waals surface area contributed by atoms with Crippen LogP contribution in [0.5, 0.6) is 11.5 Å². The molecule has 0 fully saturated rings. The third-order valence-corrected chi connectivity index (χ3v) is 6.66. The number of methoxy groups -OCH3 is 1. The standard InChI is InChI=1S/C25H24N2O5S2/c1-30-24(29)21-19-8-5-9-20(19)34-23(21)27-25(33)26-22(28)16-10-12-18(13-11-16)32-15-14-31-17-6-3-2-4-7-17/h2-4,6-7,10-13H,5,8-9,14-15H2,1H3,(H2,26,27,28,33). The van der Waals surface area contributed by atoms with Crippen LogP contribution in [0, 0.1) is 0 Å². The first kappa shape index (κ1) is 23.7. The van der Waals surface area contributed by atoms with Crippen molar-refractivity contribution in [1.29, 1.82) is 0 Å². The molecular weight excluding hydrogens is 472 g/mol. The monoisotopic (exact) mass is 496 g/mol. The van der Waals surface area contributed by atoms with E-state index in [1.54, 1.807) is 24.3 Å². The van der Waals surface area contributed by atoms with Gasteiger partial charge >= 0.3 is 5.97 Å². The van der Waals surface area contributed by atoms with Gasteiger partial charge in [0.1, 0.15) is 29.7 Å². The lowest BCUT2D eigenvalue weighted by Crippen LogP contribution is -2.34. The van der Waals surface area contributed by atoms with Crippen LogP contribution in [-0.4, -0.2) is 37.3 Å². The SMILES string of the molecule is COC(=O)c1c(NC(=S)NC(=O)c2ccc(OCCOc3ccccc3)cc2)sc2c1CCC2. The second kappa shape index (κ2) is 11.1. The first-order chi connectivity index (χ1) is 16.5. The maximum atomic E-state index is 12.6. The van der Waals surface area contributed by atoms with Gasteiger partial charge in [-0.2, -0.15) is 0 Å². The fraction of sp³-hybridized carbons (Fsp3) is 0.240. The second-order valence-corrected chi connectivity index (χ2v) is 9.01. The minimum Gasteiger partial charge on any atom is -0.490 e. The summed E-state index contributed by atoms with van der Waals surface area (Å²) in [5, 5.41) is 6.37. The van der Waals surface area contributed by atoms with Gasteiger partial charge in [0.05, 0.1) is 12.7 Å². The number of esters is 1. The van der Waals surface area contributed by atoms with Crippen molar-refractivity contribution in [2.75, 3.05) is 25.6 Å². The zero-order valence-corrected chi connectivity index (χ0v) is 20.2. The summed E-state index contributed by atoms with van der Waals surface area (Å²) in [4.78, 5) is 26.0. The van der Waals surface area contributed by atoms with Gasteiger partial charge in [0.2, 0.25) is 0 Å². The maximum absolute atomic E-state index is 12.6. The number of para-hydroxylation sites is 1. The third kappa shape index (κ3) is 5.73. The van der Waals surface area contributed by atoms with Gasteiger partial charge in [-0.05, 0) is 73.4 Å². The molecule has 0 radical (unpaired) electrons. The Morgan fingerprint density at radius 2 is 1.65 bits per heavy atom. The Kier molecular flexibility index (Phi) is 7.76. The van der Waals surface area contributed by atoms with Gasteiger partial charge in [-0.3, -0.25) is 10.1 Å². The second-order valence-electron chi connectivity index (χ2n) is 7.50. The Hall–Kier alpha value is -3.43. The molecule has 176 valence electrons. The van der Waals surface area contributed by atoms with Gasteiger partial charge < -0.3 is 19.5 Å². The zero-order valence-electron chi connectivity index (χ0n) is 18.6. The molecule has 0 unspecified atom stereocenters. The van der Waals surface area contributed by atoms with Crippen molar-refractivity contribution in [3.63, 3.8) is 0 Å². The minimum atomic E-state index is -0.402. The number of ether oxygens (including phenoxy) is 3. The molecule has 1 heterocycles. The predicted molar refractivity (Wildman–Crippen MR) is 135 cm³/mol. The van der Waals surface area contributed by atoms with Crippen LogP contribution < -0.4 is 20.1 Å². The van der Waals surface area contributed by atoms with Crippen LogP contribution >= 0.6 is 23.6 Å². The van der Waals surface area contributed by atoms with Crippen molar-refractivity contribution in [2.45, 2.75) is 19.3 Å². The number of rotatable bonds is 8. The topological polar surface area (TPSA) is 85.9 Å². The highest BCUT2D eigenvalue weighted by Crippen LogP contribution is 2.39. The van der Waals surface area contributed by atoms with Gasteiger partial charge in [-0.1, -0.05) is 18.2 Å². The molecule has 2 aromatic carbocycles. The van der Waals surface area contributed by atoms with Gasteiger partial charge in [-0.25, -0.2) is 4.79 Å². The molecule has 34 heavy (non-hydrogen) atoms. The summed E-state index contributed by atoms with van der Waals surface area (Å²) >= 11 is 6.79. The highest BCUT2D eigenvalue weighted by molar-refractivity contribution is 7.80. The molecule has 1 aliphatic rings. The van der Waals surface area contributed by atoms with E-state index in [0.29, 0.717) is 35.1 Å². The summed E-state index contributed by atoms with van der Waals surface area (Å²) in [6, 6.07) is 16.3. The Morgan fingerprint density at radius 1 is 0.971 bits per heavy atom. The summed E-state index contributed by atoms with van der Waals surface area (Å²) < 4.78 is 16.2. The van der Waals surface area contributed by atoms with E-state index >= 15 is 0 Å². The van der Waals surface area contributed by atoms with Crippen molar-refractivity contribution in [1.82, 2.24) is 5.32 Å². The van der Waals surface area contributed by atoms with Gasteiger partial charge in [0.15, 0.2) is 5.11 Å². The average Bonchev–Trinajstić information content (AvgIpc) is 3.43. The van der Waals surface area contributed by atoms with Crippen LogP contribution in [0.4, 0.5) is 5.00 Å². The van der Waals surface area contributed by atoms with E-state index in [1.165, 1.54) is 18.4 Å². The number of fused-ring (bicyclic) bond motifs is 1. The molecule has 3 aromatic rings. The van der Waals surface area contributed by atoms with Crippen LogP contribution in [0.3, 0.4) is 0 Å². The largest absolute Gasteiger partial charge is 0.490 e. The molecule has 9 heteroatoms. The Morgan fingerprint density at radius 3 is 2.32 bits per heavy atom. The number of thiocarbonyl (C=S) groups is 1. The number of thiophene rings is 1. The molecule has 0 saturated carbocycles. The van der Waals surface area contributed by atoms with Crippen molar-refractivity contribution >= 4 is 45.5 Å². The van der Waals surface area contributed by atoms with E-state index in [2.05, 4.69) is 10.6 Å². The van der Waals surface area contributed by atoms with Crippen molar-refractivity contribution in [3.8, 4) is 11.5 Å². The minimum absolute atomic E-state index is 0.119. The van der Waals surface area contributed by atoms with E-state index in [4.69, 9.17) is 26.4 Å². The van der Waals surface area contributed by atoms with E-state index in [0.717, 1.165) is 35.5 Å². The van der Waals surface area contributed by atoms with Crippen molar-refractivity contribution < 1.29 is 23.8 Å².